The Kier molecular flexibility index (Phi) is 7.23. The Balaban J connectivity index is 2.96. The fraction of sp³-hybridized carbons (Fsp3) is 0.636. The van der Waals surface area contributed by atoms with E-state index in [0.717, 1.165) is 0 Å². The van der Waals surface area contributed by atoms with Crippen molar-refractivity contribution in [1.29, 1.82) is 0 Å². The van der Waals surface area contributed by atoms with Gasteiger partial charge < -0.3 is 0 Å². The van der Waals surface area contributed by atoms with E-state index in [4.69, 9.17) is 0 Å². The molecule has 0 unspecified atom stereocenters. The van der Waals surface area contributed by atoms with Crippen molar-refractivity contribution in [1.82, 2.24) is 0 Å². The van der Waals surface area contributed by atoms with Crippen LogP contribution in [0.4, 0.5) is 0 Å². The molecule has 0 aliphatic rings. The molecule has 0 spiro atoms. The average Bonchev–Trinajstić information content (AvgIpc) is 1.96. The molecule has 0 amide bonds. The molecular weight excluding hydrogens is 132 g/mol. The van der Waals surface area contributed by atoms with Crippen LogP contribution in [0.1, 0.15) is 46.0 Å². The minimum atomic E-state index is 1.20. The summed E-state index contributed by atoms with van der Waals surface area (Å²) >= 11 is 0. The first-order valence-electron chi connectivity index (χ1n) is 4.53. The van der Waals surface area contributed by atoms with Crippen LogP contribution >= 0.6 is 0 Å². The van der Waals surface area contributed by atoms with Gasteiger partial charge in [0.15, 0.2) is 0 Å². The predicted octanol–water partition coefficient (Wildman–Crippen LogP) is 4.09. The summed E-state index contributed by atoms with van der Waals surface area (Å²) in [7, 11) is 0. The predicted molar refractivity (Wildman–Crippen MR) is 52.7 cm³/mol. The Labute approximate surface area is 71.0 Å². The van der Waals surface area contributed by atoms with E-state index in [1.807, 2.05) is 0 Å². The maximum absolute atomic E-state index is 3.88. The Morgan fingerprint density at radius 1 is 1.27 bits per heavy atom. The summed E-state index contributed by atoms with van der Waals surface area (Å²) < 4.78 is 0. The van der Waals surface area contributed by atoms with E-state index in [0.29, 0.717) is 0 Å². The molecule has 11 heavy (non-hydrogen) atoms. The van der Waals surface area contributed by atoms with E-state index in [9.17, 15) is 0 Å². The van der Waals surface area contributed by atoms with Crippen LogP contribution in [0.5, 0.6) is 0 Å². The molecule has 0 radical (unpaired) electrons. The minimum absolute atomic E-state index is 1.20. The third-order valence-corrected chi connectivity index (χ3v) is 1.71. The number of hydrogen-bond acceptors (Lipinski definition) is 0. The van der Waals surface area contributed by atoms with Crippen molar-refractivity contribution in [2.24, 2.45) is 0 Å². The summed E-state index contributed by atoms with van der Waals surface area (Å²) in [6.07, 6.45) is 10.8. The van der Waals surface area contributed by atoms with Gasteiger partial charge in [-0.1, -0.05) is 24.1 Å². The number of unbranched alkanes of at least 4 members (excludes halogenated alkanes) is 3. The van der Waals surface area contributed by atoms with Crippen LogP contribution in [0.25, 0.3) is 0 Å². The van der Waals surface area contributed by atoms with Crippen LogP contribution in [-0.2, 0) is 0 Å². The molecule has 0 rings (SSSR count). The third-order valence-electron chi connectivity index (χ3n) is 1.71. The lowest BCUT2D eigenvalue weighted by atomic mass is 10.1. The molecule has 0 N–H and O–H groups in total. The molecule has 0 fully saturated rings. The highest BCUT2D eigenvalue weighted by Crippen LogP contribution is 2.07. The lowest BCUT2D eigenvalue weighted by Gasteiger charge is -1.97. The minimum Gasteiger partial charge on any atom is -0.100 e. The molecule has 0 saturated carbocycles. The zero-order chi connectivity index (χ0) is 8.53. The number of rotatable bonds is 6. The first-order chi connectivity index (χ1) is 5.27. The van der Waals surface area contributed by atoms with E-state index in [1.165, 1.54) is 37.7 Å². The highest BCUT2D eigenvalue weighted by molar-refractivity contribution is 4.87. The zero-order valence-electron chi connectivity index (χ0n) is 7.90. The largest absolute Gasteiger partial charge is 0.100 e. The van der Waals surface area contributed by atoms with Crippen LogP contribution in [0, 0.1) is 0 Å². The molecule has 0 nitrogen and oxygen atoms in total. The molecule has 0 atom stereocenters. The van der Waals surface area contributed by atoms with Crippen LogP contribution in [-0.4, -0.2) is 0 Å². The van der Waals surface area contributed by atoms with Crippen LogP contribution in [0.2, 0.25) is 0 Å². The monoisotopic (exact) mass is 152 g/mol. The van der Waals surface area contributed by atoms with Gasteiger partial charge in [0, 0.05) is 0 Å². The van der Waals surface area contributed by atoms with Gasteiger partial charge in [0.05, 0.1) is 0 Å². The summed E-state index contributed by atoms with van der Waals surface area (Å²) in [5.74, 6) is 0. The molecule has 0 bridgehead atoms. The van der Waals surface area contributed by atoms with Gasteiger partial charge in [-0.2, -0.15) is 0 Å². The van der Waals surface area contributed by atoms with Crippen molar-refractivity contribution < 1.29 is 0 Å². The van der Waals surface area contributed by atoms with Gasteiger partial charge >= 0.3 is 0 Å². The van der Waals surface area contributed by atoms with Crippen molar-refractivity contribution in [3.8, 4) is 0 Å². The SMILES string of the molecule is C=C(C)CCCCCC=CC. The summed E-state index contributed by atoms with van der Waals surface area (Å²) in [5.41, 5.74) is 1.32. The van der Waals surface area contributed by atoms with Crippen molar-refractivity contribution in [3.63, 3.8) is 0 Å². The summed E-state index contributed by atoms with van der Waals surface area (Å²) in [6.45, 7) is 8.06. The molecule has 64 valence electrons. The topological polar surface area (TPSA) is 0 Å². The fourth-order valence-electron chi connectivity index (χ4n) is 1.03. The van der Waals surface area contributed by atoms with Gasteiger partial charge in [0.25, 0.3) is 0 Å². The Bertz CT molecular complexity index is 120. The lowest BCUT2D eigenvalue weighted by molar-refractivity contribution is 0.684. The van der Waals surface area contributed by atoms with Gasteiger partial charge in [-0.25, -0.2) is 0 Å². The highest BCUT2D eigenvalue weighted by atomic mass is 13.9. The van der Waals surface area contributed by atoms with Crippen LogP contribution < -0.4 is 0 Å². The Morgan fingerprint density at radius 2 is 2.00 bits per heavy atom. The quantitative estimate of drug-likeness (QED) is 0.397. The summed E-state index contributed by atoms with van der Waals surface area (Å²) in [4.78, 5) is 0. The van der Waals surface area contributed by atoms with Gasteiger partial charge in [-0.05, 0) is 39.5 Å². The second-order valence-corrected chi connectivity index (χ2v) is 3.13. The van der Waals surface area contributed by atoms with Crippen LogP contribution in [0.15, 0.2) is 24.3 Å². The molecule has 0 aliphatic carbocycles. The highest BCUT2D eigenvalue weighted by Gasteiger charge is 1.87. The molecule has 0 heteroatoms. The molecule has 0 heterocycles. The van der Waals surface area contributed by atoms with Gasteiger partial charge in [0.2, 0.25) is 0 Å². The maximum Gasteiger partial charge on any atom is -0.0326 e. The van der Waals surface area contributed by atoms with Gasteiger partial charge in [-0.15, -0.1) is 6.58 Å². The zero-order valence-corrected chi connectivity index (χ0v) is 7.90. The van der Waals surface area contributed by atoms with Crippen molar-refractivity contribution in [2.75, 3.05) is 0 Å². The van der Waals surface area contributed by atoms with Crippen LogP contribution in [0.3, 0.4) is 0 Å². The van der Waals surface area contributed by atoms with Gasteiger partial charge in [0.1, 0.15) is 0 Å². The molecule has 0 aromatic carbocycles. The molecule has 0 aliphatic heterocycles. The maximum atomic E-state index is 3.88. The molecule has 0 aromatic heterocycles. The summed E-state index contributed by atoms with van der Waals surface area (Å²) in [6, 6.07) is 0. The first-order valence-corrected chi connectivity index (χ1v) is 4.53. The fourth-order valence-corrected chi connectivity index (χ4v) is 1.03. The second kappa shape index (κ2) is 7.59. The van der Waals surface area contributed by atoms with E-state index >= 15 is 0 Å². The first kappa shape index (κ1) is 10.5. The summed E-state index contributed by atoms with van der Waals surface area (Å²) in [5, 5.41) is 0. The van der Waals surface area contributed by atoms with Crippen molar-refractivity contribution >= 4 is 0 Å². The molecular formula is C11H20. The van der Waals surface area contributed by atoms with Crippen molar-refractivity contribution in [2.45, 2.75) is 46.0 Å². The number of allylic oxidation sites excluding steroid dienone is 3. The molecule has 0 aromatic rings. The second-order valence-electron chi connectivity index (χ2n) is 3.13. The van der Waals surface area contributed by atoms with E-state index in [-0.39, 0.29) is 0 Å². The molecule has 0 saturated heterocycles. The smallest absolute Gasteiger partial charge is 0.0326 e. The third kappa shape index (κ3) is 9.48. The van der Waals surface area contributed by atoms with E-state index in [1.54, 1.807) is 0 Å². The lowest BCUT2D eigenvalue weighted by Crippen LogP contribution is -1.77. The standard InChI is InChI=1S/C11H20/c1-4-5-6-7-8-9-10-11(2)3/h4-5H,2,6-10H2,1,3H3. The number of hydrogen-bond donors (Lipinski definition) is 0. The Hall–Kier alpha value is -0.520. The Morgan fingerprint density at radius 3 is 2.55 bits per heavy atom. The average molecular weight is 152 g/mol. The van der Waals surface area contributed by atoms with E-state index in [2.05, 4.69) is 32.6 Å². The van der Waals surface area contributed by atoms with Crippen molar-refractivity contribution in [3.05, 3.63) is 24.3 Å². The van der Waals surface area contributed by atoms with Gasteiger partial charge in [-0.3, -0.25) is 0 Å². The van der Waals surface area contributed by atoms with E-state index < -0.39 is 0 Å². The normalized spacial score (nSPS) is 10.7.